The summed E-state index contributed by atoms with van der Waals surface area (Å²) >= 11 is 0. The first-order valence-corrected chi connectivity index (χ1v) is 8.30. The lowest BCUT2D eigenvalue weighted by molar-refractivity contribution is -0.115. The van der Waals surface area contributed by atoms with Crippen LogP contribution in [0.15, 0.2) is 41.5 Å². The molecule has 1 aromatic carbocycles. The van der Waals surface area contributed by atoms with E-state index in [2.05, 4.69) is 39.5 Å². The van der Waals surface area contributed by atoms with Crippen molar-refractivity contribution in [2.75, 3.05) is 33.4 Å². The smallest absolute Gasteiger partial charge is 0.269 e. The summed E-state index contributed by atoms with van der Waals surface area (Å²) in [5, 5.41) is 13.0. The summed E-state index contributed by atoms with van der Waals surface area (Å²) in [7, 11) is 1.90. The van der Waals surface area contributed by atoms with Gasteiger partial charge in [0.15, 0.2) is 0 Å². The van der Waals surface area contributed by atoms with Gasteiger partial charge < -0.3 is 15.3 Å². The number of hydrogen-bond donors (Lipinski definition) is 2. The Bertz CT molecular complexity index is 656. The molecule has 2 aliphatic heterocycles. The number of carbonyl (C=O) groups is 1. The fourth-order valence-corrected chi connectivity index (χ4v) is 3.01. The Balaban J connectivity index is 1.44. The van der Waals surface area contributed by atoms with Gasteiger partial charge in [-0.15, -0.1) is 0 Å². The van der Waals surface area contributed by atoms with E-state index in [4.69, 9.17) is 0 Å². The summed E-state index contributed by atoms with van der Waals surface area (Å²) < 4.78 is 0. The van der Waals surface area contributed by atoms with Crippen LogP contribution in [0.5, 0.6) is 0 Å². The molecule has 2 heterocycles. The molecule has 0 radical (unpaired) electrons. The van der Waals surface area contributed by atoms with Crippen molar-refractivity contribution in [3.63, 3.8) is 0 Å². The van der Waals surface area contributed by atoms with Crippen LogP contribution in [0.3, 0.4) is 0 Å². The van der Waals surface area contributed by atoms with Gasteiger partial charge in [0.1, 0.15) is 12.4 Å². The molecular formula is C18H24N4O2. The molecule has 0 unspecified atom stereocenters. The molecule has 6 heteroatoms. The fourth-order valence-electron chi connectivity index (χ4n) is 3.01. The van der Waals surface area contributed by atoms with Crippen LogP contribution >= 0.6 is 0 Å². The predicted octanol–water partition coefficient (Wildman–Crippen LogP) is 0.379. The first kappa shape index (κ1) is 16.7. The average Bonchev–Trinajstić information content (AvgIpc) is 2.60. The standard InChI is InChI=1S/C18H24N4O2/c1-21-8-7-17(20-13-21)18(24)19-10-16(23)12-22-9-6-14-4-2-3-5-15(14)11-22/h2-5,7-8,16,23H,6,9-13H2,1H3,(H,19,24)/t16-/m1/s1. The SMILES string of the molecule is CN1C=CC(C(=O)NC[C@@H](O)CN2CCc3ccccc3C2)=NC1. The molecule has 2 N–H and O–H groups in total. The summed E-state index contributed by atoms with van der Waals surface area (Å²) in [5.74, 6) is -0.234. The first-order valence-electron chi connectivity index (χ1n) is 8.30. The average molecular weight is 328 g/mol. The van der Waals surface area contributed by atoms with Crippen molar-refractivity contribution in [1.29, 1.82) is 0 Å². The number of rotatable bonds is 5. The molecule has 0 aliphatic carbocycles. The Kier molecular flexibility index (Phi) is 5.27. The number of aliphatic hydroxyl groups is 1. The third-order valence-electron chi connectivity index (χ3n) is 4.36. The highest BCUT2D eigenvalue weighted by molar-refractivity contribution is 6.43. The van der Waals surface area contributed by atoms with Gasteiger partial charge >= 0.3 is 0 Å². The van der Waals surface area contributed by atoms with Gasteiger partial charge in [0, 0.05) is 39.4 Å². The molecule has 1 amide bonds. The molecule has 6 nitrogen and oxygen atoms in total. The second-order valence-corrected chi connectivity index (χ2v) is 6.38. The Morgan fingerprint density at radius 1 is 1.38 bits per heavy atom. The zero-order valence-corrected chi connectivity index (χ0v) is 14.0. The minimum atomic E-state index is -0.588. The molecule has 128 valence electrons. The number of amides is 1. The van der Waals surface area contributed by atoms with Gasteiger partial charge in [-0.1, -0.05) is 24.3 Å². The molecule has 0 bridgehead atoms. The molecule has 2 aliphatic rings. The van der Waals surface area contributed by atoms with Crippen molar-refractivity contribution in [1.82, 2.24) is 15.1 Å². The van der Waals surface area contributed by atoms with Crippen LogP contribution in [0.1, 0.15) is 11.1 Å². The van der Waals surface area contributed by atoms with Crippen LogP contribution in [0.25, 0.3) is 0 Å². The maximum Gasteiger partial charge on any atom is 0.269 e. The van der Waals surface area contributed by atoms with Gasteiger partial charge in [-0.25, -0.2) is 0 Å². The van der Waals surface area contributed by atoms with Gasteiger partial charge in [-0.3, -0.25) is 14.7 Å². The molecular weight excluding hydrogens is 304 g/mol. The van der Waals surface area contributed by atoms with E-state index in [0.717, 1.165) is 19.5 Å². The maximum absolute atomic E-state index is 12.0. The first-order chi connectivity index (χ1) is 11.6. The van der Waals surface area contributed by atoms with Gasteiger partial charge in [0.05, 0.1) is 6.10 Å². The van der Waals surface area contributed by atoms with E-state index in [0.29, 0.717) is 18.9 Å². The van der Waals surface area contributed by atoms with Crippen LogP contribution < -0.4 is 5.32 Å². The van der Waals surface area contributed by atoms with Crippen LogP contribution in [0, 0.1) is 0 Å². The zero-order chi connectivity index (χ0) is 16.9. The lowest BCUT2D eigenvalue weighted by Gasteiger charge is -2.30. The van der Waals surface area contributed by atoms with Gasteiger partial charge in [0.25, 0.3) is 5.91 Å². The second-order valence-electron chi connectivity index (χ2n) is 6.38. The number of fused-ring (bicyclic) bond motifs is 1. The molecule has 0 fully saturated rings. The lowest BCUT2D eigenvalue weighted by atomic mass is 10.00. The van der Waals surface area contributed by atoms with Gasteiger partial charge in [-0.05, 0) is 23.6 Å². The zero-order valence-electron chi connectivity index (χ0n) is 14.0. The van der Waals surface area contributed by atoms with Crippen molar-refractivity contribution < 1.29 is 9.90 Å². The minimum absolute atomic E-state index is 0.234. The van der Waals surface area contributed by atoms with E-state index >= 15 is 0 Å². The largest absolute Gasteiger partial charge is 0.390 e. The van der Waals surface area contributed by atoms with Crippen molar-refractivity contribution >= 4 is 11.6 Å². The van der Waals surface area contributed by atoms with Crippen LogP contribution in [0.4, 0.5) is 0 Å². The van der Waals surface area contributed by atoms with E-state index in [1.807, 2.05) is 18.1 Å². The van der Waals surface area contributed by atoms with Gasteiger partial charge in [-0.2, -0.15) is 0 Å². The monoisotopic (exact) mass is 328 g/mol. The summed E-state index contributed by atoms with van der Waals surface area (Å²) in [6, 6.07) is 8.42. The normalized spacial score (nSPS) is 18.8. The summed E-state index contributed by atoms with van der Waals surface area (Å²) in [6.07, 6.45) is 3.93. The third-order valence-corrected chi connectivity index (χ3v) is 4.36. The number of aliphatic imine (C=N–C) groups is 1. The Hall–Kier alpha value is -2.18. The summed E-state index contributed by atoms with van der Waals surface area (Å²) in [6.45, 7) is 3.06. The number of nitrogens with one attached hydrogen (secondary N) is 1. The van der Waals surface area contributed by atoms with Crippen molar-refractivity contribution in [3.05, 3.63) is 47.7 Å². The highest BCUT2D eigenvalue weighted by Gasteiger charge is 2.19. The Morgan fingerprint density at radius 2 is 2.17 bits per heavy atom. The van der Waals surface area contributed by atoms with Gasteiger partial charge in [0.2, 0.25) is 0 Å². The quantitative estimate of drug-likeness (QED) is 0.820. The highest BCUT2D eigenvalue weighted by atomic mass is 16.3. The number of aliphatic hydroxyl groups excluding tert-OH is 1. The highest BCUT2D eigenvalue weighted by Crippen LogP contribution is 2.18. The summed E-state index contributed by atoms with van der Waals surface area (Å²) in [4.78, 5) is 20.3. The maximum atomic E-state index is 12.0. The second kappa shape index (κ2) is 7.59. The van der Waals surface area contributed by atoms with E-state index in [1.54, 1.807) is 6.08 Å². The Labute approximate surface area is 142 Å². The molecule has 1 atom stereocenters. The lowest BCUT2D eigenvalue weighted by Crippen LogP contribution is -2.43. The molecule has 24 heavy (non-hydrogen) atoms. The summed E-state index contributed by atoms with van der Waals surface area (Å²) in [5.41, 5.74) is 3.13. The molecule has 0 saturated heterocycles. The van der Waals surface area contributed by atoms with Crippen LogP contribution in [-0.4, -0.2) is 66.0 Å². The van der Waals surface area contributed by atoms with Crippen molar-refractivity contribution in [2.24, 2.45) is 4.99 Å². The van der Waals surface area contributed by atoms with Crippen molar-refractivity contribution in [3.8, 4) is 0 Å². The minimum Gasteiger partial charge on any atom is -0.390 e. The van der Waals surface area contributed by atoms with Crippen LogP contribution in [0.2, 0.25) is 0 Å². The molecule has 3 rings (SSSR count). The predicted molar refractivity (Wildman–Crippen MR) is 93.6 cm³/mol. The molecule has 0 aromatic heterocycles. The van der Waals surface area contributed by atoms with Crippen molar-refractivity contribution in [2.45, 2.75) is 19.1 Å². The topological polar surface area (TPSA) is 68.2 Å². The Morgan fingerprint density at radius 3 is 2.92 bits per heavy atom. The molecule has 0 saturated carbocycles. The van der Waals surface area contributed by atoms with E-state index in [-0.39, 0.29) is 12.5 Å². The van der Waals surface area contributed by atoms with E-state index < -0.39 is 6.10 Å². The number of carbonyl (C=O) groups excluding carboxylic acids is 1. The number of nitrogens with zero attached hydrogens (tertiary/aromatic N) is 3. The van der Waals surface area contributed by atoms with E-state index in [9.17, 15) is 9.90 Å². The molecule has 1 aromatic rings. The number of hydrogen-bond acceptors (Lipinski definition) is 5. The number of benzene rings is 1. The van der Waals surface area contributed by atoms with E-state index in [1.165, 1.54) is 11.1 Å². The third kappa shape index (κ3) is 4.21. The number of β-amino-alcohol motifs (C(OH)–C–C–N with tert-alkyl or cyclic N) is 1. The molecule has 0 spiro atoms. The van der Waals surface area contributed by atoms with Crippen LogP contribution in [-0.2, 0) is 17.8 Å². The fraction of sp³-hybridized carbons (Fsp3) is 0.444.